The van der Waals surface area contributed by atoms with Gasteiger partial charge in [-0.2, -0.15) is 0 Å². The SMILES string of the molecule is CN(CC1CCN(Cc2ccccc2)CC1)C(=O)c1cn(C)cn1. The van der Waals surface area contributed by atoms with Crippen molar-refractivity contribution in [2.45, 2.75) is 19.4 Å². The third-order valence-electron chi connectivity index (χ3n) is 4.76. The van der Waals surface area contributed by atoms with Gasteiger partial charge in [0.2, 0.25) is 0 Å². The lowest BCUT2D eigenvalue weighted by molar-refractivity contribution is 0.0732. The standard InChI is InChI=1S/C19H26N4O/c1-21-14-18(20-15-21)19(24)22(2)12-17-8-10-23(11-9-17)13-16-6-4-3-5-7-16/h3-7,14-15,17H,8-13H2,1-2H3. The second kappa shape index (κ2) is 7.62. The molecule has 1 amide bonds. The molecule has 0 aliphatic carbocycles. The predicted octanol–water partition coefficient (Wildman–Crippen LogP) is 2.40. The Bertz CT molecular complexity index is 659. The number of carbonyl (C=O) groups excluding carboxylic acids is 1. The first-order valence-electron chi connectivity index (χ1n) is 8.61. The molecule has 0 spiro atoms. The zero-order chi connectivity index (χ0) is 16.9. The maximum absolute atomic E-state index is 12.4. The number of benzene rings is 1. The van der Waals surface area contributed by atoms with Crippen molar-refractivity contribution in [1.82, 2.24) is 19.4 Å². The topological polar surface area (TPSA) is 41.4 Å². The van der Waals surface area contributed by atoms with E-state index in [1.807, 2.05) is 23.6 Å². The minimum atomic E-state index is 0.0160. The Labute approximate surface area is 143 Å². The molecule has 3 rings (SSSR count). The van der Waals surface area contributed by atoms with Crippen LogP contribution in [0.5, 0.6) is 0 Å². The molecular formula is C19H26N4O. The molecule has 2 aromatic rings. The molecule has 1 aliphatic heterocycles. The summed E-state index contributed by atoms with van der Waals surface area (Å²) in [4.78, 5) is 20.9. The number of likely N-dealkylation sites (tertiary alicyclic amines) is 1. The van der Waals surface area contributed by atoms with Gasteiger partial charge in [0.05, 0.1) is 6.33 Å². The first-order valence-corrected chi connectivity index (χ1v) is 8.61. The average molecular weight is 326 g/mol. The fourth-order valence-electron chi connectivity index (χ4n) is 3.36. The Hall–Kier alpha value is -2.14. The predicted molar refractivity (Wildman–Crippen MR) is 94.6 cm³/mol. The van der Waals surface area contributed by atoms with Gasteiger partial charge in [-0.15, -0.1) is 0 Å². The third-order valence-corrected chi connectivity index (χ3v) is 4.76. The molecule has 0 saturated carbocycles. The van der Waals surface area contributed by atoms with Crippen LogP contribution in [-0.2, 0) is 13.6 Å². The Morgan fingerprint density at radius 1 is 1.25 bits per heavy atom. The largest absolute Gasteiger partial charge is 0.340 e. The third kappa shape index (κ3) is 4.23. The van der Waals surface area contributed by atoms with E-state index in [1.165, 1.54) is 5.56 Å². The van der Waals surface area contributed by atoms with E-state index >= 15 is 0 Å². The van der Waals surface area contributed by atoms with Gasteiger partial charge >= 0.3 is 0 Å². The molecular weight excluding hydrogens is 300 g/mol. The number of piperidine rings is 1. The molecule has 0 unspecified atom stereocenters. The number of imidazole rings is 1. The number of hydrogen-bond acceptors (Lipinski definition) is 3. The van der Waals surface area contributed by atoms with E-state index in [1.54, 1.807) is 12.5 Å². The van der Waals surface area contributed by atoms with Crippen LogP contribution in [0.15, 0.2) is 42.9 Å². The molecule has 1 saturated heterocycles. The monoisotopic (exact) mass is 326 g/mol. The molecule has 5 nitrogen and oxygen atoms in total. The van der Waals surface area contributed by atoms with Crippen molar-refractivity contribution in [2.24, 2.45) is 13.0 Å². The lowest BCUT2D eigenvalue weighted by Crippen LogP contribution is -2.39. The maximum Gasteiger partial charge on any atom is 0.273 e. The average Bonchev–Trinajstić information content (AvgIpc) is 3.03. The summed E-state index contributed by atoms with van der Waals surface area (Å²) in [7, 11) is 3.76. The van der Waals surface area contributed by atoms with Crippen LogP contribution >= 0.6 is 0 Å². The van der Waals surface area contributed by atoms with Crippen molar-refractivity contribution in [2.75, 3.05) is 26.7 Å². The van der Waals surface area contributed by atoms with Crippen LogP contribution in [0.1, 0.15) is 28.9 Å². The number of aromatic nitrogens is 2. The number of amides is 1. The Balaban J connectivity index is 1.46. The summed E-state index contributed by atoms with van der Waals surface area (Å²) in [6.07, 6.45) is 5.74. The summed E-state index contributed by atoms with van der Waals surface area (Å²) < 4.78 is 1.81. The molecule has 0 radical (unpaired) electrons. The number of rotatable bonds is 5. The van der Waals surface area contributed by atoms with Gasteiger partial charge in [-0.05, 0) is 37.4 Å². The zero-order valence-corrected chi connectivity index (χ0v) is 14.6. The van der Waals surface area contributed by atoms with Crippen LogP contribution in [0.4, 0.5) is 0 Å². The zero-order valence-electron chi connectivity index (χ0n) is 14.6. The molecule has 0 bridgehead atoms. The Kier molecular flexibility index (Phi) is 5.30. The highest BCUT2D eigenvalue weighted by molar-refractivity contribution is 5.91. The second-order valence-electron chi connectivity index (χ2n) is 6.82. The summed E-state index contributed by atoms with van der Waals surface area (Å²) in [6.45, 7) is 4.04. The van der Waals surface area contributed by atoms with Crippen molar-refractivity contribution >= 4 is 5.91 Å². The van der Waals surface area contributed by atoms with E-state index in [9.17, 15) is 4.79 Å². The van der Waals surface area contributed by atoms with Crippen LogP contribution in [0, 0.1) is 5.92 Å². The van der Waals surface area contributed by atoms with Crippen molar-refractivity contribution in [3.05, 3.63) is 54.1 Å². The van der Waals surface area contributed by atoms with Crippen LogP contribution in [0.2, 0.25) is 0 Å². The molecule has 1 fully saturated rings. The van der Waals surface area contributed by atoms with Crippen LogP contribution in [-0.4, -0.2) is 51.9 Å². The van der Waals surface area contributed by atoms with Gasteiger partial charge in [0.25, 0.3) is 5.91 Å². The van der Waals surface area contributed by atoms with E-state index in [0.29, 0.717) is 11.6 Å². The van der Waals surface area contributed by atoms with Gasteiger partial charge in [0, 0.05) is 33.4 Å². The van der Waals surface area contributed by atoms with E-state index in [0.717, 1.165) is 39.0 Å². The van der Waals surface area contributed by atoms with Crippen molar-refractivity contribution in [1.29, 1.82) is 0 Å². The van der Waals surface area contributed by atoms with Crippen LogP contribution < -0.4 is 0 Å². The Morgan fingerprint density at radius 2 is 1.96 bits per heavy atom. The summed E-state index contributed by atoms with van der Waals surface area (Å²) >= 11 is 0. The molecule has 1 aromatic heterocycles. The highest BCUT2D eigenvalue weighted by atomic mass is 16.2. The first-order chi connectivity index (χ1) is 11.6. The molecule has 1 aromatic carbocycles. The van der Waals surface area contributed by atoms with Gasteiger partial charge in [0.15, 0.2) is 0 Å². The summed E-state index contributed by atoms with van der Waals surface area (Å²) in [5.41, 5.74) is 1.90. The lowest BCUT2D eigenvalue weighted by Gasteiger charge is -2.33. The summed E-state index contributed by atoms with van der Waals surface area (Å²) in [6, 6.07) is 10.6. The number of carbonyl (C=O) groups is 1. The lowest BCUT2D eigenvalue weighted by atomic mass is 9.96. The molecule has 1 aliphatic rings. The van der Waals surface area contributed by atoms with Gasteiger partial charge in [0.1, 0.15) is 5.69 Å². The fraction of sp³-hybridized carbons (Fsp3) is 0.474. The van der Waals surface area contributed by atoms with Crippen molar-refractivity contribution < 1.29 is 4.79 Å². The van der Waals surface area contributed by atoms with Gasteiger partial charge in [-0.25, -0.2) is 4.98 Å². The van der Waals surface area contributed by atoms with Gasteiger partial charge in [-0.3, -0.25) is 9.69 Å². The van der Waals surface area contributed by atoms with Crippen LogP contribution in [0.3, 0.4) is 0 Å². The van der Waals surface area contributed by atoms with E-state index in [-0.39, 0.29) is 5.91 Å². The van der Waals surface area contributed by atoms with Crippen molar-refractivity contribution in [3.63, 3.8) is 0 Å². The molecule has 0 N–H and O–H groups in total. The van der Waals surface area contributed by atoms with E-state index < -0.39 is 0 Å². The molecule has 5 heteroatoms. The fourth-order valence-corrected chi connectivity index (χ4v) is 3.36. The minimum absolute atomic E-state index is 0.0160. The molecule has 0 atom stereocenters. The highest BCUT2D eigenvalue weighted by Gasteiger charge is 2.23. The second-order valence-corrected chi connectivity index (χ2v) is 6.82. The highest BCUT2D eigenvalue weighted by Crippen LogP contribution is 2.20. The van der Waals surface area contributed by atoms with Gasteiger partial charge in [-0.1, -0.05) is 30.3 Å². The quantitative estimate of drug-likeness (QED) is 0.847. The summed E-state index contributed by atoms with van der Waals surface area (Å²) in [5, 5.41) is 0. The molecule has 2 heterocycles. The first kappa shape index (κ1) is 16.7. The van der Waals surface area contributed by atoms with E-state index in [4.69, 9.17) is 0 Å². The molecule has 128 valence electrons. The summed E-state index contributed by atoms with van der Waals surface area (Å²) in [5.74, 6) is 0.594. The minimum Gasteiger partial charge on any atom is -0.340 e. The smallest absolute Gasteiger partial charge is 0.273 e. The number of nitrogens with zero attached hydrogens (tertiary/aromatic N) is 4. The Morgan fingerprint density at radius 3 is 2.58 bits per heavy atom. The van der Waals surface area contributed by atoms with Gasteiger partial charge < -0.3 is 9.47 Å². The van der Waals surface area contributed by atoms with Crippen molar-refractivity contribution in [3.8, 4) is 0 Å². The maximum atomic E-state index is 12.4. The number of aryl methyl sites for hydroxylation is 1. The molecule has 24 heavy (non-hydrogen) atoms. The normalized spacial score (nSPS) is 16.2. The van der Waals surface area contributed by atoms with Crippen LogP contribution in [0.25, 0.3) is 0 Å². The number of hydrogen-bond donors (Lipinski definition) is 0. The van der Waals surface area contributed by atoms with E-state index in [2.05, 4.69) is 40.2 Å².